The first-order valence-corrected chi connectivity index (χ1v) is 11.6. The fourth-order valence-corrected chi connectivity index (χ4v) is 4.12. The van der Waals surface area contributed by atoms with Gasteiger partial charge in [0.2, 0.25) is 0 Å². The molecule has 7 nitrogen and oxygen atoms in total. The molecule has 8 heteroatoms. The normalized spacial score (nSPS) is 11.5. The second-order valence-electron chi connectivity index (χ2n) is 6.98. The zero-order chi connectivity index (χ0) is 22.9. The quantitative estimate of drug-likeness (QED) is 0.329. The van der Waals surface area contributed by atoms with Gasteiger partial charge in [-0.3, -0.25) is 9.59 Å². The van der Waals surface area contributed by atoms with Crippen LogP contribution in [0.25, 0.3) is 10.2 Å². The minimum atomic E-state index is -0.390. The number of nitrogens with zero attached hydrogens (tertiary/aromatic N) is 2. The van der Waals surface area contributed by atoms with Crippen molar-refractivity contribution in [1.29, 1.82) is 0 Å². The molecule has 0 atom stereocenters. The Morgan fingerprint density at radius 3 is 2.41 bits per heavy atom. The molecule has 32 heavy (non-hydrogen) atoms. The molecule has 0 spiro atoms. The maximum absolute atomic E-state index is 12.8. The van der Waals surface area contributed by atoms with Crippen LogP contribution >= 0.6 is 11.3 Å². The van der Waals surface area contributed by atoms with Gasteiger partial charge in [-0.15, -0.1) is 0 Å². The van der Waals surface area contributed by atoms with E-state index in [0.717, 1.165) is 34.6 Å². The molecule has 0 unspecified atom stereocenters. The molecular formula is C24H28N2O5S. The predicted molar refractivity (Wildman–Crippen MR) is 124 cm³/mol. The highest BCUT2D eigenvalue weighted by Gasteiger charge is 2.14. The van der Waals surface area contributed by atoms with Gasteiger partial charge in [-0.2, -0.15) is 4.99 Å². The summed E-state index contributed by atoms with van der Waals surface area (Å²) in [6, 6.07) is 12.5. The second-order valence-corrected chi connectivity index (χ2v) is 7.99. The molecule has 3 rings (SSSR count). The molecule has 1 aromatic heterocycles. The minimum Gasteiger partial charge on any atom is -0.494 e. The largest absolute Gasteiger partial charge is 0.494 e. The summed E-state index contributed by atoms with van der Waals surface area (Å²) >= 11 is 1.33. The average molecular weight is 457 g/mol. The number of aromatic nitrogens is 1. The van der Waals surface area contributed by atoms with Gasteiger partial charge in [0.15, 0.2) is 4.80 Å². The molecule has 170 valence electrons. The Hall–Kier alpha value is -3.13. The van der Waals surface area contributed by atoms with E-state index in [1.54, 1.807) is 35.8 Å². The Labute approximate surface area is 191 Å². The third-order valence-electron chi connectivity index (χ3n) is 4.62. The maximum Gasteiger partial charge on any atom is 0.326 e. The first-order valence-electron chi connectivity index (χ1n) is 10.8. The minimum absolute atomic E-state index is 0.0296. The van der Waals surface area contributed by atoms with Gasteiger partial charge in [-0.25, -0.2) is 0 Å². The zero-order valence-electron chi connectivity index (χ0n) is 18.6. The average Bonchev–Trinajstić information content (AvgIpc) is 3.10. The van der Waals surface area contributed by atoms with Crippen LogP contribution in [-0.2, 0) is 16.1 Å². The van der Waals surface area contributed by atoms with Crippen LogP contribution in [0.3, 0.4) is 0 Å². The van der Waals surface area contributed by atoms with E-state index >= 15 is 0 Å². The number of unbranched alkanes of at least 4 members (excludes halogenated alkanes) is 1. The van der Waals surface area contributed by atoms with Gasteiger partial charge in [0.05, 0.1) is 30.0 Å². The van der Waals surface area contributed by atoms with Crippen LogP contribution in [0.1, 0.15) is 44.0 Å². The highest BCUT2D eigenvalue weighted by atomic mass is 32.1. The van der Waals surface area contributed by atoms with Crippen LogP contribution < -0.4 is 14.3 Å². The van der Waals surface area contributed by atoms with E-state index in [2.05, 4.69) is 11.9 Å². The van der Waals surface area contributed by atoms with Gasteiger partial charge in [-0.05, 0) is 62.7 Å². The molecule has 1 amide bonds. The maximum atomic E-state index is 12.8. The van der Waals surface area contributed by atoms with Crippen molar-refractivity contribution in [2.75, 3.05) is 19.8 Å². The highest BCUT2D eigenvalue weighted by Crippen LogP contribution is 2.24. The number of fused-ring (bicyclic) bond motifs is 1. The molecule has 1 heterocycles. The number of rotatable bonds is 10. The monoisotopic (exact) mass is 456 g/mol. The standard InChI is InChI=1S/C24H28N2O5S/c1-4-7-14-31-18-10-8-17(9-11-18)23(28)25-24-26(16-22(27)30-6-3)20-13-12-19(29-5-2)15-21(20)32-24/h8-13,15H,4-7,14,16H2,1-3H3. The van der Waals surface area contributed by atoms with Crippen molar-refractivity contribution in [2.24, 2.45) is 4.99 Å². The smallest absolute Gasteiger partial charge is 0.326 e. The number of hydrogen-bond acceptors (Lipinski definition) is 6. The number of esters is 1. The Morgan fingerprint density at radius 1 is 0.969 bits per heavy atom. The molecule has 3 aromatic rings. The lowest BCUT2D eigenvalue weighted by atomic mass is 10.2. The molecular weight excluding hydrogens is 428 g/mol. The van der Waals surface area contributed by atoms with Crippen LogP contribution in [0, 0.1) is 0 Å². The predicted octanol–water partition coefficient (Wildman–Crippen LogP) is 4.58. The van der Waals surface area contributed by atoms with Crippen LogP contribution in [0.2, 0.25) is 0 Å². The molecule has 0 aliphatic carbocycles. The van der Waals surface area contributed by atoms with Gasteiger partial charge >= 0.3 is 5.97 Å². The number of ether oxygens (including phenoxy) is 3. The summed E-state index contributed by atoms with van der Waals surface area (Å²) in [5.41, 5.74) is 1.24. The zero-order valence-corrected chi connectivity index (χ0v) is 19.4. The van der Waals surface area contributed by atoms with Crippen LogP contribution in [-0.4, -0.2) is 36.3 Å². The summed E-state index contributed by atoms with van der Waals surface area (Å²) in [5.74, 6) is 0.668. The molecule has 0 fully saturated rings. The first-order chi connectivity index (χ1) is 15.5. The number of amides is 1. The van der Waals surface area contributed by atoms with Crippen LogP contribution in [0.5, 0.6) is 11.5 Å². The Kier molecular flexibility index (Phi) is 8.44. The second kappa shape index (κ2) is 11.5. The van der Waals surface area contributed by atoms with Crippen molar-refractivity contribution in [1.82, 2.24) is 4.57 Å². The van der Waals surface area contributed by atoms with E-state index in [-0.39, 0.29) is 25.0 Å². The van der Waals surface area contributed by atoms with Gasteiger partial charge < -0.3 is 18.8 Å². The number of carbonyl (C=O) groups is 2. The van der Waals surface area contributed by atoms with Crippen LogP contribution in [0.15, 0.2) is 47.5 Å². The Bertz CT molecular complexity index is 1130. The lowest BCUT2D eigenvalue weighted by molar-refractivity contribution is -0.143. The third kappa shape index (κ3) is 5.97. The molecule has 0 N–H and O–H groups in total. The lowest BCUT2D eigenvalue weighted by Gasteiger charge is -2.06. The molecule has 0 aliphatic heterocycles. The van der Waals surface area contributed by atoms with Crippen molar-refractivity contribution >= 4 is 33.4 Å². The SMILES string of the molecule is CCCCOc1ccc(C(=O)N=c2sc3cc(OCC)ccc3n2CC(=O)OCC)cc1. The van der Waals surface area contributed by atoms with E-state index in [1.165, 1.54) is 11.3 Å². The summed E-state index contributed by atoms with van der Waals surface area (Å²) in [7, 11) is 0. The number of carbonyl (C=O) groups excluding carboxylic acids is 2. The number of benzene rings is 2. The van der Waals surface area contributed by atoms with E-state index in [0.29, 0.717) is 23.6 Å². The van der Waals surface area contributed by atoms with E-state index in [9.17, 15) is 9.59 Å². The summed E-state index contributed by atoms with van der Waals surface area (Å²) in [5, 5.41) is 0. The van der Waals surface area contributed by atoms with E-state index < -0.39 is 0 Å². The molecule has 0 saturated carbocycles. The number of hydrogen-bond donors (Lipinski definition) is 0. The van der Waals surface area contributed by atoms with Crippen molar-refractivity contribution in [3.8, 4) is 11.5 Å². The van der Waals surface area contributed by atoms with Crippen molar-refractivity contribution in [2.45, 2.75) is 40.2 Å². The van der Waals surface area contributed by atoms with Crippen LogP contribution in [0.4, 0.5) is 0 Å². The topological polar surface area (TPSA) is 79.1 Å². The summed E-state index contributed by atoms with van der Waals surface area (Å²) in [6.07, 6.45) is 2.04. The molecule has 0 radical (unpaired) electrons. The fourth-order valence-electron chi connectivity index (χ4n) is 3.06. The van der Waals surface area contributed by atoms with Crippen molar-refractivity contribution in [3.05, 3.63) is 52.8 Å². The highest BCUT2D eigenvalue weighted by molar-refractivity contribution is 7.16. The van der Waals surface area contributed by atoms with Gasteiger partial charge in [0.25, 0.3) is 5.91 Å². The van der Waals surface area contributed by atoms with Gasteiger partial charge in [-0.1, -0.05) is 24.7 Å². The summed E-state index contributed by atoms with van der Waals surface area (Å²) < 4.78 is 18.9. The first kappa shape index (κ1) is 23.5. The van der Waals surface area contributed by atoms with E-state index in [4.69, 9.17) is 14.2 Å². The fraction of sp³-hybridized carbons (Fsp3) is 0.375. The van der Waals surface area contributed by atoms with Gasteiger partial charge in [0, 0.05) is 5.56 Å². The number of thiazole rings is 1. The van der Waals surface area contributed by atoms with Crippen molar-refractivity contribution in [3.63, 3.8) is 0 Å². The molecule has 0 aliphatic rings. The molecule has 2 aromatic carbocycles. The van der Waals surface area contributed by atoms with E-state index in [1.807, 2.05) is 25.1 Å². The Balaban J connectivity index is 1.94. The molecule has 0 saturated heterocycles. The summed E-state index contributed by atoms with van der Waals surface area (Å²) in [4.78, 5) is 29.8. The third-order valence-corrected chi connectivity index (χ3v) is 5.66. The summed E-state index contributed by atoms with van der Waals surface area (Å²) in [6.45, 7) is 7.23. The van der Waals surface area contributed by atoms with Crippen molar-refractivity contribution < 1.29 is 23.8 Å². The Morgan fingerprint density at radius 2 is 1.72 bits per heavy atom. The lowest BCUT2D eigenvalue weighted by Crippen LogP contribution is -2.23. The molecule has 0 bridgehead atoms. The van der Waals surface area contributed by atoms with Gasteiger partial charge in [0.1, 0.15) is 18.0 Å².